The van der Waals surface area contributed by atoms with Gasteiger partial charge < -0.3 is 10.1 Å². The van der Waals surface area contributed by atoms with Crippen molar-refractivity contribution in [2.45, 2.75) is 59.2 Å². The van der Waals surface area contributed by atoms with Gasteiger partial charge in [-0.25, -0.2) is 4.79 Å². The number of pyridine rings is 1. The van der Waals surface area contributed by atoms with Crippen molar-refractivity contribution < 1.29 is 32.3 Å². The minimum atomic E-state index is -4.70. The van der Waals surface area contributed by atoms with Gasteiger partial charge in [-0.2, -0.15) is 13.2 Å². The van der Waals surface area contributed by atoms with Crippen molar-refractivity contribution in [2.75, 3.05) is 10.6 Å². The Morgan fingerprint density at radius 3 is 2.21 bits per heavy atom. The lowest BCUT2D eigenvalue weighted by Gasteiger charge is -2.21. The largest absolute Gasteiger partial charge is 0.444 e. The number of ether oxygens (including phenoxy) is 1. The Balaban J connectivity index is 1.82. The van der Waals surface area contributed by atoms with Crippen molar-refractivity contribution in [3.8, 4) is 11.1 Å². The second-order valence-electron chi connectivity index (χ2n) is 9.96. The molecule has 1 aromatic heterocycles. The fraction of sp³-hybridized carbons (Fsp3) is 0.310. The second-order valence-corrected chi connectivity index (χ2v) is 9.96. The molecule has 0 bridgehead atoms. The van der Waals surface area contributed by atoms with E-state index in [9.17, 15) is 27.6 Å². The van der Waals surface area contributed by atoms with Crippen LogP contribution < -0.4 is 10.6 Å². The Hall–Kier alpha value is -4.21. The second kappa shape index (κ2) is 11.7. The van der Waals surface area contributed by atoms with E-state index in [4.69, 9.17) is 4.74 Å². The predicted octanol–water partition coefficient (Wildman–Crippen LogP) is 7.20. The van der Waals surface area contributed by atoms with Gasteiger partial charge in [-0.05, 0) is 69.5 Å². The molecule has 0 aliphatic rings. The van der Waals surface area contributed by atoms with E-state index in [-0.39, 0.29) is 22.5 Å². The number of carbonyl (C=O) groups is 3. The molecule has 0 saturated heterocycles. The Labute approximate surface area is 224 Å². The number of carbonyl (C=O) groups excluding carboxylic acids is 3. The van der Waals surface area contributed by atoms with Crippen LogP contribution in [0.2, 0.25) is 0 Å². The van der Waals surface area contributed by atoms with Gasteiger partial charge in [0.2, 0.25) is 5.91 Å². The van der Waals surface area contributed by atoms with Crippen LogP contribution >= 0.6 is 0 Å². The van der Waals surface area contributed by atoms with Crippen LogP contribution in [0.15, 0.2) is 54.7 Å². The molecular formula is C29H30F3N3O4. The molecule has 0 unspecified atom stereocenters. The third-order valence-electron chi connectivity index (χ3n) is 5.61. The molecule has 0 spiro atoms. The standard InChI is InChI=1S/C29H30F3N3O4/c1-6-21-11-10-20(16-33-21)18-8-7-9-19(13-18)25(36)15-26(37)34-24-14-22(29(30,31)32)17(2)12-23(24)35-27(38)39-28(3,4)5/h7-14,16H,6,15H2,1-5H3,(H,34,37)(H,35,38). The lowest BCUT2D eigenvalue weighted by Crippen LogP contribution is -2.28. The Morgan fingerprint density at radius 2 is 1.62 bits per heavy atom. The van der Waals surface area contributed by atoms with Crippen LogP contribution in [0, 0.1) is 6.92 Å². The number of benzene rings is 2. The number of halogens is 3. The van der Waals surface area contributed by atoms with Crippen LogP contribution in [-0.2, 0) is 22.1 Å². The predicted molar refractivity (Wildman–Crippen MR) is 143 cm³/mol. The lowest BCUT2D eigenvalue weighted by molar-refractivity contribution is -0.138. The molecular weight excluding hydrogens is 511 g/mol. The Bertz CT molecular complexity index is 1380. The van der Waals surface area contributed by atoms with Gasteiger partial charge in [0.1, 0.15) is 5.60 Å². The highest BCUT2D eigenvalue weighted by Crippen LogP contribution is 2.37. The molecule has 0 radical (unpaired) electrons. The number of aryl methyl sites for hydroxylation is 2. The van der Waals surface area contributed by atoms with Gasteiger partial charge in [0.25, 0.3) is 0 Å². The van der Waals surface area contributed by atoms with Crippen LogP contribution in [-0.4, -0.2) is 28.4 Å². The molecule has 0 aliphatic carbocycles. The summed E-state index contributed by atoms with van der Waals surface area (Å²) in [7, 11) is 0. The van der Waals surface area contributed by atoms with Gasteiger partial charge in [-0.3, -0.25) is 19.9 Å². The van der Waals surface area contributed by atoms with E-state index >= 15 is 0 Å². The van der Waals surface area contributed by atoms with Gasteiger partial charge in [0, 0.05) is 23.0 Å². The molecule has 2 amide bonds. The van der Waals surface area contributed by atoms with E-state index in [1.165, 1.54) is 6.92 Å². The first-order chi connectivity index (χ1) is 18.2. The summed E-state index contributed by atoms with van der Waals surface area (Å²) in [5.41, 5.74) is 0.284. The summed E-state index contributed by atoms with van der Waals surface area (Å²) < 4.78 is 45.8. The number of nitrogens with one attached hydrogen (secondary N) is 2. The van der Waals surface area contributed by atoms with Crippen LogP contribution in [0.1, 0.15) is 61.3 Å². The zero-order valence-electron chi connectivity index (χ0n) is 22.3. The molecule has 0 atom stereocenters. The first-order valence-electron chi connectivity index (χ1n) is 12.3. The summed E-state index contributed by atoms with van der Waals surface area (Å²) in [6.07, 6.45) is -3.75. The average Bonchev–Trinajstić information content (AvgIpc) is 2.83. The van der Waals surface area contributed by atoms with Crippen molar-refractivity contribution in [3.05, 3.63) is 77.1 Å². The molecule has 0 aliphatic heterocycles. The normalized spacial score (nSPS) is 11.6. The quantitative estimate of drug-likeness (QED) is 0.244. The van der Waals surface area contributed by atoms with Gasteiger partial charge >= 0.3 is 12.3 Å². The maximum Gasteiger partial charge on any atom is 0.416 e. The van der Waals surface area contributed by atoms with E-state index in [0.29, 0.717) is 0 Å². The SMILES string of the molecule is CCc1ccc(-c2cccc(C(=O)CC(=O)Nc3cc(C(F)(F)F)c(C)cc3NC(=O)OC(C)(C)C)c2)cn1. The zero-order valence-corrected chi connectivity index (χ0v) is 22.3. The third kappa shape index (κ3) is 8.13. The first kappa shape index (κ1) is 29.3. The number of hydrogen-bond donors (Lipinski definition) is 2. The molecule has 1 heterocycles. The van der Waals surface area contributed by atoms with Crippen LogP contribution in [0.5, 0.6) is 0 Å². The van der Waals surface area contributed by atoms with Crippen molar-refractivity contribution in [3.63, 3.8) is 0 Å². The molecule has 0 fully saturated rings. The number of amides is 2. The van der Waals surface area contributed by atoms with Gasteiger partial charge in [-0.15, -0.1) is 0 Å². The van der Waals surface area contributed by atoms with Gasteiger partial charge in [0.15, 0.2) is 5.78 Å². The van der Waals surface area contributed by atoms with E-state index < -0.39 is 41.5 Å². The molecule has 10 heteroatoms. The van der Waals surface area contributed by atoms with E-state index in [1.807, 2.05) is 19.1 Å². The highest BCUT2D eigenvalue weighted by molar-refractivity contribution is 6.12. The Kier molecular flexibility index (Phi) is 8.78. The summed E-state index contributed by atoms with van der Waals surface area (Å²) in [5, 5.41) is 4.71. The summed E-state index contributed by atoms with van der Waals surface area (Å²) >= 11 is 0. The van der Waals surface area contributed by atoms with Crippen molar-refractivity contribution in [2.24, 2.45) is 0 Å². The fourth-order valence-corrected chi connectivity index (χ4v) is 3.75. The van der Waals surface area contributed by atoms with Crippen molar-refractivity contribution >= 4 is 29.2 Å². The maximum absolute atomic E-state index is 13.6. The molecule has 206 valence electrons. The number of rotatable bonds is 7. The van der Waals surface area contributed by atoms with Crippen molar-refractivity contribution in [1.82, 2.24) is 4.98 Å². The summed E-state index contributed by atoms with van der Waals surface area (Å²) in [6.45, 7) is 8.11. The number of alkyl halides is 3. The number of aromatic nitrogens is 1. The monoisotopic (exact) mass is 541 g/mol. The smallest absolute Gasteiger partial charge is 0.416 e. The molecule has 39 heavy (non-hydrogen) atoms. The number of ketones is 1. The van der Waals surface area contributed by atoms with E-state index in [1.54, 1.807) is 51.2 Å². The molecule has 3 rings (SSSR count). The zero-order chi connectivity index (χ0) is 29.0. The average molecular weight is 542 g/mol. The van der Waals surface area contributed by atoms with Gasteiger partial charge in [0.05, 0.1) is 23.4 Å². The van der Waals surface area contributed by atoms with Gasteiger partial charge in [-0.1, -0.05) is 31.2 Å². The van der Waals surface area contributed by atoms with E-state index in [0.717, 1.165) is 35.4 Å². The van der Waals surface area contributed by atoms with Crippen molar-refractivity contribution in [1.29, 1.82) is 0 Å². The van der Waals surface area contributed by atoms with Crippen LogP contribution in [0.4, 0.5) is 29.3 Å². The number of anilines is 2. The molecule has 2 aromatic carbocycles. The highest BCUT2D eigenvalue weighted by Gasteiger charge is 2.34. The molecule has 2 N–H and O–H groups in total. The maximum atomic E-state index is 13.6. The molecule has 7 nitrogen and oxygen atoms in total. The number of hydrogen-bond acceptors (Lipinski definition) is 5. The summed E-state index contributed by atoms with van der Waals surface area (Å²) in [4.78, 5) is 42.3. The number of Topliss-reactive ketones (excluding diaryl/α,β-unsaturated/α-hetero) is 1. The lowest BCUT2D eigenvalue weighted by atomic mass is 10.0. The van der Waals surface area contributed by atoms with E-state index in [2.05, 4.69) is 15.6 Å². The third-order valence-corrected chi connectivity index (χ3v) is 5.61. The van der Waals surface area contributed by atoms with Crippen LogP contribution in [0.25, 0.3) is 11.1 Å². The highest BCUT2D eigenvalue weighted by atomic mass is 19.4. The summed E-state index contributed by atoms with van der Waals surface area (Å²) in [6, 6.07) is 12.2. The Morgan fingerprint density at radius 1 is 0.923 bits per heavy atom. The first-order valence-corrected chi connectivity index (χ1v) is 12.3. The minimum absolute atomic E-state index is 0.0967. The number of nitrogens with zero attached hydrogens (tertiary/aromatic N) is 1. The molecule has 3 aromatic rings. The minimum Gasteiger partial charge on any atom is -0.444 e. The topological polar surface area (TPSA) is 97.4 Å². The summed E-state index contributed by atoms with van der Waals surface area (Å²) in [5.74, 6) is -1.37. The fourth-order valence-electron chi connectivity index (χ4n) is 3.75. The van der Waals surface area contributed by atoms with Crippen LogP contribution in [0.3, 0.4) is 0 Å². The molecule has 0 saturated carbocycles.